The summed E-state index contributed by atoms with van der Waals surface area (Å²) >= 11 is 0. The van der Waals surface area contributed by atoms with Crippen molar-refractivity contribution in [3.63, 3.8) is 0 Å². The number of methoxy groups -OCH3 is 1. The largest absolute Gasteiger partial charge is 0.465 e. The molecule has 0 amide bonds. The van der Waals surface area contributed by atoms with Crippen molar-refractivity contribution in [1.82, 2.24) is 9.21 Å². The Morgan fingerprint density at radius 1 is 1.07 bits per heavy atom. The van der Waals surface area contributed by atoms with Gasteiger partial charge in [-0.3, -0.25) is 0 Å². The Hall–Kier alpha value is -1.44. The number of benzene rings is 1. The highest BCUT2D eigenvalue weighted by atomic mass is 32.2. The lowest BCUT2D eigenvalue weighted by Gasteiger charge is -2.34. The number of aryl methyl sites for hydroxylation is 1. The molecule has 1 aromatic carbocycles. The highest BCUT2D eigenvalue weighted by Gasteiger charge is 2.31. The van der Waals surface area contributed by atoms with Crippen LogP contribution in [0.25, 0.3) is 0 Å². The van der Waals surface area contributed by atoms with Crippen molar-refractivity contribution in [1.29, 1.82) is 0 Å². The molecule has 2 fully saturated rings. The van der Waals surface area contributed by atoms with Gasteiger partial charge in [0.25, 0.3) is 0 Å². The van der Waals surface area contributed by atoms with Gasteiger partial charge < -0.3 is 9.64 Å². The standard InChI is InChI=1S/C21H32N2O4S/c1-17-15-19(21(24)27-2)7-8-20(17)28(25,26)23-13-9-18(10-14-23)16-22-11-5-3-4-6-12-22/h7-8,15,18H,3-6,9-14,16H2,1-2H3. The maximum absolute atomic E-state index is 13.1. The zero-order valence-corrected chi connectivity index (χ0v) is 17.8. The lowest BCUT2D eigenvalue weighted by atomic mass is 9.97. The van der Waals surface area contributed by atoms with Gasteiger partial charge in [0, 0.05) is 19.6 Å². The first kappa shape index (κ1) is 21.3. The van der Waals surface area contributed by atoms with Crippen LogP contribution in [0.1, 0.15) is 54.4 Å². The molecule has 2 saturated heterocycles. The minimum absolute atomic E-state index is 0.283. The number of esters is 1. The Labute approximate surface area is 168 Å². The van der Waals surface area contributed by atoms with E-state index in [1.54, 1.807) is 17.3 Å². The molecule has 0 bridgehead atoms. The molecule has 7 heteroatoms. The summed E-state index contributed by atoms with van der Waals surface area (Å²) in [7, 11) is -2.22. The number of sulfonamides is 1. The molecule has 0 saturated carbocycles. The van der Waals surface area contributed by atoms with Crippen LogP contribution in [0, 0.1) is 12.8 Å². The van der Waals surface area contributed by atoms with E-state index in [1.807, 2.05) is 0 Å². The number of piperidine rings is 1. The lowest BCUT2D eigenvalue weighted by molar-refractivity contribution is 0.0600. The first-order chi connectivity index (χ1) is 13.4. The van der Waals surface area contributed by atoms with Crippen molar-refractivity contribution >= 4 is 16.0 Å². The third-order valence-electron chi connectivity index (χ3n) is 6.00. The average molecular weight is 409 g/mol. The van der Waals surface area contributed by atoms with Gasteiger partial charge in [0.05, 0.1) is 17.6 Å². The summed E-state index contributed by atoms with van der Waals surface area (Å²) < 4.78 is 32.5. The van der Waals surface area contributed by atoms with Crippen LogP contribution < -0.4 is 0 Å². The minimum Gasteiger partial charge on any atom is -0.465 e. The molecular weight excluding hydrogens is 376 g/mol. The molecule has 2 aliphatic rings. The highest BCUT2D eigenvalue weighted by molar-refractivity contribution is 7.89. The first-order valence-electron chi connectivity index (χ1n) is 10.3. The molecule has 0 aromatic heterocycles. The van der Waals surface area contributed by atoms with Crippen molar-refractivity contribution < 1.29 is 17.9 Å². The van der Waals surface area contributed by atoms with E-state index >= 15 is 0 Å². The number of rotatable bonds is 5. The molecule has 28 heavy (non-hydrogen) atoms. The van der Waals surface area contributed by atoms with Gasteiger partial charge in [-0.1, -0.05) is 12.8 Å². The number of carbonyl (C=O) groups excluding carboxylic acids is 1. The third kappa shape index (κ3) is 4.93. The van der Waals surface area contributed by atoms with Crippen LogP contribution in [0.2, 0.25) is 0 Å². The second kappa shape index (κ2) is 9.37. The van der Waals surface area contributed by atoms with E-state index in [1.165, 1.54) is 58.0 Å². The summed E-state index contributed by atoms with van der Waals surface area (Å²) in [5, 5.41) is 0. The summed E-state index contributed by atoms with van der Waals surface area (Å²) in [4.78, 5) is 14.5. The van der Waals surface area contributed by atoms with Gasteiger partial charge in [0.2, 0.25) is 10.0 Å². The van der Waals surface area contributed by atoms with Crippen molar-refractivity contribution in [2.24, 2.45) is 5.92 Å². The fourth-order valence-corrected chi connectivity index (χ4v) is 6.01. The van der Waals surface area contributed by atoms with Gasteiger partial charge in [0.15, 0.2) is 0 Å². The molecule has 6 nitrogen and oxygen atoms in total. The molecule has 0 spiro atoms. The molecule has 0 radical (unpaired) electrons. The normalized spacial score (nSPS) is 20.6. The van der Waals surface area contributed by atoms with Crippen molar-refractivity contribution in [2.75, 3.05) is 39.8 Å². The molecule has 0 unspecified atom stereocenters. The number of carbonyl (C=O) groups is 1. The van der Waals surface area contributed by atoms with Crippen LogP contribution in [0.5, 0.6) is 0 Å². The van der Waals surface area contributed by atoms with Gasteiger partial charge >= 0.3 is 5.97 Å². The van der Waals surface area contributed by atoms with Crippen LogP contribution in [0.3, 0.4) is 0 Å². The Morgan fingerprint density at radius 2 is 1.71 bits per heavy atom. The Morgan fingerprint density at radius 3 is 2.29 bits per heavy atom. The Kier molecular flexibility index (Phi) is 7.12. The van der Waals surface area contributed by atoms with Crippen LogP contribution in [-0.2, 0) is 14.8 Å². The average Bonchev–Trinajstić information content (AvgIpc) is 2.96. The molecule has 1 aromatic rings. The quantitative estimate of drug-likeness (QED) is 0.701. The lowest BCUT2D eigenvalue weighted by Crippen LogP contribution is -2.42. The fourth-order valence-electron chi connectivity index (χ4n) is 4.34. The molecule has 0 aliphatic carbocycles. The molecule has 0 N–H and O–H groups in total. The van der Waals surface area contributed by atoms with E-state index in [9.17, 15) is 13.2 Å². The zero-order chi connectivity index (χ0) is 20.1. The Balaban J connectivity index is 1.62. The van der Waals surface area contributed by atoms with Crippen LogP contribution >= 0.6 is 0 Å². The van der Waals surface area contributed by atoms with Crippen molar-refractivity contribution in [3.8, 4) is 0 Å². The van der Waals surface area contributed by atoms with E-state index < -0.39 is 16.0 Å². The van der Waals surface area contributed by atoms with Crippen molar-refractivity contribution in [3.05, 3.63) is 29.3 Å². The van der Waals surface area contributed by atoms with Crippen molar-refractivity contribution in [2.45, 2.75) is 50.3 Å². The van der Waals surface area contributed by atoms with E-state index in [2.05, 4.69) is 4.90 Å². The van der Waals surface area contributed by atoms with E-state index in [-0.39, 0.29) is 4.90 Å². The van der Waals surface area contributed by atoms with E-state index in [0.29, 0.717) is 30.1 Å². The van der Waals surface area contributed by atoms with E-state index in [0.717, 1.165) is 19.4 Å². The number of hydrogen-bond acceptors (Lipinski definition) is 5. The number of hydrogen-bond donors (Lipinski definition) is 0. The van der Waals surface area contributed by atoms with Gasteiger partial charge in [-0.2, -0.15) is 4.31 Å². The van der Waals surface area contributed by atoms with Crippen LogP contribution in [-0.4, -0.2) is 63.4 Å². The maximum Gasteiger partial charge on any atom is 0.337 e. The predicted molar refractivity (Wildman–Crippen MR) is 109 cm³/mol. The molecule has 0 atom stereocenters. The monoisotopic (exact) mass is 408 g/mol. The topological polar surface area (TPSA) is 66.9 Å². The van der Waals surface area contributed by atoms with Crippen LogP contribution in [0.4, 0.5) is 0 Å². The van der Waals surface area contributed by atoms with Gasteiger partial charge in [-0.05, 0) is 75.4 Å². The molecule has 2 aliphatic heterocycles. The maximum atomic E-state index is 13.1. The number of ether oxygens (including phenoxy) is 1. The van der Waals surface area contributed by atoms with Gasteiger partial charge in [-0.15, -0.1) is 0 Å². The Bertz CT molecular complexity index is 778. The summed E-state index contributed by atoms with van der Waals surface area (Å²) in [6.07, 6.45) is 7.06. The number of nitrogens with zero attached hydrogens (tertiary/aromatic N) is 2. The van der Waals surface area contributed by atoms with Gasteiger partial charge in [-0.25, -0.2) is 13.2 Å². The second-order valence-corrected chi connectivity index (χ2v) is 9.94. The molecular formula is C21H32N2O4S. The van der Waals surface area contributed by atoms with Crippen LogP contribution in [0.15, 0.2) is 23.1 Å². The second-order valence-electron chi connectivity index (χ2n) is 8.03. The zero-order valence-electron chi connectivity index (χ0n) is 17.0. The van der Waals surface area contributed by atoms with E-state index in [4.69, 9.17) is 4.74 Å². The molecule has 3 rings (SSSR count). The first-order valence-corrected chi connectivity index (χ1v) is 11.8. The molecule has 2 heterocycles. The third-order valence-corrected chi connectivity index (χ3v) is 8.06. The summed E-state index contributed by atoms with van der Waals surface area (Å²) in [6.45, 7) is 6.33. The number of likely N-dealkylation sites (tertiary alicyclic amines) is 1. The summed E-state index contributed by atoms with van der Waals surface area (Å²) in [5.41, 5.74) is 0.949. The summed E-state index contributed by atoms with van der Waals surface area (Å²) in [6, 6.07) is 4.64. The predicted octanol–water partition coefficient (Wildman–Crippen LogP) is 3.06. The highest BCUT2D eigenvalue weighted by Crippen LogP contribution is 2.27. The SMILES string of the molecule is COC(=O)c1ccc(S(=O)(=O)N2CCC(CN3CCCCCC3)CC2)c(C)c1. The minimum atomic E-state index is -3.54. The molecule has 156 valence electrons. The summed E-state index contributed by atoms with van der Waals surface area (Å²) in [5.74, 6) is 0.119. The smallest absolute Gasteiger partial charge is 0.337 e. The fraction of sp³-hybridized carbons (Fsp3) is 0.667. The van der Waals surface area contributed by atoms with Gasteiger partial charge in [0.1, 0.15) is 0 Å².